The lowest BCUT2D eigenvalue weighted by molar-refractivity contribution is 0.0922. The van der Waals surface area contributed by atoms with Crippen molar-refractivity contribution in [1.82, 2.24) is 9.97 Å². The average Bonchev–Trinajstić information content (AvgIpc) is 3.08. The number of fused-ring (bicyclic) bond motifs is 2. The van der Waals surface area contributed by atoms with E-state index in [2.05, 4.69) is 9.97 Å². The van der Waals surface area contributed by atoms with Crippen molar-refractivity contribution < 1.29 is 14.4 Å². The molecule has 0 N–H and O–H groups in total. The number of aromatic nitrogens is 2. The van der Waals surface area contributed by atoms with E-state index in [0.29, 0.717) is 11.3 Å². The van der Waals surface area contributed by atoms with Crippen molar-refractivity contribution in [3.8, 4) is 0 Å². The molecule has 5 rings (SSSR count). The van der Waals surface area contributed by atoms with Gasteiger partial charge in [-0.3, -0.25) is 14.4 Å². The molecule has 0 fully saturated rings. The molecule has 2 heterocycles. The highest BCUT2D eigenvalue weighted by atomic mass is 16.2. The van der Waals surface area contributed by atoms with Gasteiger partial charge in [0.1, 0.15) is 0 Å². The maximum absolute atomic E-state index is 13.0. The van der Waals surface area contributed by atoms with Crippen LogP contribution in [0.5, 0.6) is 0 Å². The van der Waals surface area contributed by atoms with Crippen LogP contribution in [0, 0.1) is 0 Å². The Balaban J connectivity index is 1.40. The first-order chi connectivity index (χ1) is 15.0. The van der Waals surface area contributed by atoms with Crippen molar-refractivity contribution in [3.05, 3.63) is 96.1 Å². The fraction of sp³-hybridized carbons (Fsp3) is 0.0417. The highest BCUT2D eigenvalue weighted by molar-refractivity contribution is 6.33. The monoisotopic (exact) mass is 408 g/mol. The predicted octanol–water partition coefficient (Wildman–Crippen LogP) is 3.71. The van der Waals surface area contributed by atoms with Crippen LogP contribution in [0.4, 0.5) is 11.4 Å². The lowest BCUT2D eigenvalue weighted by atomic mass is 10.1. The van der Waals surface area contributed by atoms with E-state index in [-0.39, 0.29) is 17.3 Å². The zero-order valence-corrected chi connectivity index (χ0v) is 16.5. The third-order valence-corrected chi connectivity index (χ3v) is 5.31. The van der Waals surface area contributed by atoms with Crippen molar-refractivity contribution in [1.29, 1.82) is 0 Å². The second-order valence-electron chi connectivity index (χ2n) is 7.14. The lowest BCUT2D eigenvalue weighted by Gasteiger charge is -2.19. The van der Waals surface area contributed by atoms with Gasteiger partial charge in [0.2, 0.25) is 0 Å². The van der Waals surface area contributed by atoms with Gasteiger partial charge < -0.3 is 4.90 Å². The van der Waals surface area contributed by atoms with Crippen LogP contribution in [-0.4, -0.2) is 34.7 Å². The standard InChI is InChI=1S/C24H16N4O3/c1-27(19-11-6-15-4-2-3-5-17(15)14-19)22(29)16-7-9-18(10-8-16)28-23(30)20-21(24(28)31)26-13-12-25-20/h2-14H,1H3. The van der Waals surface area contributed by atoms with Gasteiger partial charge in [-0.25, -0.2) is 14.9 Å². The van der Waals surface area contributed by atoms with E-state index >= 15 is 0 Å². The van der Waals surface area contributed by atoms with Gasteiger partial charge in [-0.05, 0) is 47.2 Å². The number of hydrogen-bond donors (Lipinski definition) is 0. The van der Waals surface area contributed by atoms with E-state index in [4.69, 9.17) is 0 Å². The molecule has 7 heteroatoms. The highest BCUT2D eigenvalue weighted by Gasteiger charge is 2.39. The number of amides is 3. The van der Waals surface area contributed by atoms with Gasteiger partial charge >= 0.3 is 0 Å². The van der Waals surface area contributed by atoms with E-state index in [1.54, 1.807) is 36.2 Å². The Morgan fingerprint density at radius 3 is 2.06 bits per heavy atom. The van der Waals surface area contributed by atoms with E-state index in [1.165, 1.54) is 12.4 Å². The molecule has 4 aromatic rings. The van der Waals surface area contributed by atoms with E-state index < -0.39 is 11.8 Å². The molecule has 1 aromatic heterocycles. The Morgan fingerprint density at radius 1 is 0.806 bits per heavy atom. The summed E-state index contributed by atoms with van der Waals surface area (Å²) >= 11 is 0. The molecule has 0 aliphatic carbocycles. The van der Waals surface area contributed by atoms with Crippen LogP contribution in [0.3, 0.4) is 0 Å². The highest BCUT2D eigenvalue weighted by Crippen LogP contribution is 2.27. The number of hydrogen-bond acceptors (Lipinski definition) is 5. The number of imide groups is 1. The second kappa shape index (κ2) is 7.14. The Kier molecular flexibility index (Phi) is 4.29. The molecule has 1 aliphatic heterocycles. The van der Waals surface area contributed by atoms with Gasteiger partial charge in [0.25, 0.3) is 17.7 Å². The van der Waals surface area contributed by atoms with Crippen LogP contribution in [0.15, 0.2) is 79.1 Å². The number of benzene rings is 3. The summed E-state index contributed by atoms with van der Waals surface area (Å²) in [5.41, 5.74) is 1.63. The lowest BCUT2D eigenvalue weighted by Crippen LogP contribution is -2.30. The summed E-state index contributed by atoms with van der Waals surface area (Å²) in [6, 6.07) is 20.1. The molecule has 0 atom stereocenters. The van der Waals surface area contributed by atoms with E-state index in [0.717, 1.165) is 21.4 Å². The number of rotatable bonds is 3. The first-order valence-electron chi connectivity index (χ1n) is 9.61. The summed E-state index contributed by atoms with van der Waals surface area (Å²) < 4.78 is 0. The SMILES string of the molecule is CN(C(=O)c1ccc(N2C(=O)c3nccnc3C2=O)cc1)c1ccc2ccccc2c1. The van der Waals surface area contributed by atoms with Gasteiger partial charge in [-0.2, -0.15) is 0 Å². The fourth-order valence-corrected chi connectivity index (χ4v) is 3.64. The van der Waals surface area contributed by atoms with Gasteiger partial charge in [0.15, 0.2) is 11.4 Å². The van der Waals surface area contributed by atoms with E-state index in [9.17, 15) is 14.4 Å². The largest absolute Gasteiger partial charge is 0.311 e. The number of anilines is 2. The summed E-state index contributed by atoms with van der Waals surface area (Å²) in [5, 5.41) is 2.14. The summed E-state index contributed by atoms with van der Waals surface area (Å²) in [6.07, 6.45) is 2.75. The van der Waals surface area contributed by atoms with Crippen LogP contribution in [0.25, 0.3) is 10.8 Å². The molecule has 31 heavy (non-hydrogen) atoms. The van der Waals surface area contributed by atoms with Crippen LogP contribution >= 0.6 is 0 Å². The van der Waals surface area contributed by atoms with Crippen LogP contribution in [-0.2, 0) is 0 Å². The minimum absolute atomic E-state index is 0.0312. The van der Waals surface area contributed by atoms with Crippen molar-refractivity contribution >= 4 is 39.9 Å². The van der Waals surface area contributed by atoms with Gasteiger partial charge in [-0.15, -0.1) is 0 Å². The minimum atomic E-state index is -0.527. The second-order valence-corrected chi connectivity index (χ2v) is 7.14. The fourth-order valence-electron chi connectivity index (χ4n) is 3.64. The normalized spacial score (nSPS) is 12.9. The van der Waals surface area contributed by atoms with Gasteiger partial charge in [0.05, 0.1) is 5.69 Å². The van der Waals surface area contributed by atoms with Crippen LogP contribution in [0.2, 0.25) is 0 Å². The minimum Gasteiger partial charge on any atom is -0.311 e. The molecule has 0 unspecified atom stereocenters. The predicted molar refractivity (Wildman–Crippen MR) is 116 cm³/mol. The maximum atomic E-state index is 13.0. The van der Waals surface area contributed by atoms with Gasteiger partial charge in [0, 0.05) is 30.7 Å². The molecule has 0 radical (unpaired) electrons. The van der Waals surface area contributed by atoms with E-state index in [1.807, 2.05) is 42.5 Å². The van der Waals surface area contributed by atoms with Crippen LogP contribution in [0.1, 0.15) is 31.3 Å². The first kappa shape index (κ1) is 18.6. The van der Waals surface area contributed by atoms with Crippen molar-refractivity contribution in [2.75, 3.05) is 16.8 Å². The topological polar surface area (TPSA) is 83.5 Å². The summed E-state index contributed by atoms with van der Waals surface area (Å²) in [7, 11) is 1.71. The average molecular weight is 408 g/mol. The van der Waals surface area contributed by atoms with Crippen molar-refractivity contribution in [2.24, 2.45) is 0 Å². The first-order valence-corrected chi connectivity index (χ1v) is 9.61. The summed E-state index contributed by atoms with van der Waals surface area (Å²) in [6.45, 7) is 0. The third kappa shape index (κ3) is 3.03. The molecular weight excluding hydrogens is 392 g/mol. The Labute approximate surface area is 177 Å². The maximum Gasteiger partial charge on any atom is 0.286 e. The zero-order chi connectivity index (χ0) is 21.5. The zero-order valence-electron chi connectivity index (χ0n) is 16.5. The molecule has 0 saturated carbocycles. The molecular formula is C24H16N4O3. The number of carbonyl (C=O) groups excluding carboxylic acids is 3. The number of nitrogens with zero attached hydrogens (tertiary/aromatic N) is 4. The Morgan fingerprint density at radius 2 is 1.42 bits per heavy atom. The number of carbonyl (C=O) groups is 3. The quantitative estimate of drug-likeness (QED) is 0.483. The molecule has 0 bridgehead atoms. The third-order valence-electron chi connectivity index (χ3n) is 5.31. The van der Waals surface area contributed by atoms with Crippen molar-refractivity contribution in [2.45, 2.75) is 0 Å². The molecule has 0 saturated heterocycles. The smallest absolute Gasteiger partial charge is 0.286 e. The Bertz CT molecular complexity index is 1330. The molecule has 0 spiro atoms. The summed E-state index contributed by atoms with van der Waals surface area (Å²) in [5.74, 6) is -1.26. The summed E-state index contributed by atoms with van der Waals surface area (Å²) in [4.78, 5) is 48.6. The molecule has 3 amide bonds. The molecule has 150 valence electrons. The van der Waals surface area contributed by atoms with Crippen molar-refractivity contribution in [3.63, 3.8) is 0 Å². The Hall–Kier alpha value is -4.39. The van der Waals surface area contributed by atoms with Gasteiger partial charge in [-0.1, -0.05) is 30.3 Å². The molecule has 7 nitrogen and oxygen atoms in total. The molecule has 1 aliphatic rings. The molecule has 3 aromatic carbocycles. The van der Waals surface area contributed by atoms with Crippen LogP contribution < -0.4 is 9.80 Å².